The van der Waals surface area contributed by atoms with Gasteiger partial charge in [0.25, 0.3) is 11.8 Å². The minimum atomic E-state index is -1.63. The van der Waals surface area contributed by atoms with Crippen LogP contribution in [0, 0.1) is 5.82 Å². The van der Waals surface area contributed by atoms with Gasteiger partial charge in [-0.2, -0.15) is 0 Å². The second-order valence-corrected chi connectivity index (χ2v) is 8.76. The van der Waals surface area contributed by atoms with Gasteiger partial charge in [0, 0.05) is 23.3 Å². The summed E-state index contributed by atoms with van der Waals surface area (Å²) in [6.45, 7) is 3.37. The number of nitrogens with zero attached hydrogens (tertiary/aromatic N) is 1. The lowest BCUT2D eigenvalue weighted by molar-refractivity contribution is -0.134. The Balaban J connectivity index is 1.70. The molecule has 0 bridgehead atoms. The van der Waals surface area contributed by atoms with Gasteiger partial charge in [-0.05, 0) is 56.3 Å². The number of ether oxygens (including phenoxy) is 1. The summed E-state index contributed by atoms with van der Waals surface area (Å²) < 4.78 is 18.5. The number of benzene rings is 2. The standard InChI is InChI=1S/C22H23ClFN5O4/c1-21(2,26)10-22(20(25)32)17(33-11-27-22)19(31)29-14-6-4-13(5-7-14)28-18(30)15-8-3-12(24)9-16(15)23/h3-9,11,17H,10,26H2,1-2H3,(H2,25,32)(H,28,30)(H,29,31). The molecule has 0 saturated heterocycles. The normalized spacial score (nSPS) is 19.6. The number of carbonyl (C=O) groups is 3. The van der Waals surface area contributed by atoms with Gasteiger partial charge in [0.05, 0.1) is 10.6 Å². The molecule has 174 valence electrons. The number of rotatable bonds is 7. The highest BCUT2D eigenvalue weighted by atomic mass is 35.5. The van der Waals surface area contributed by atoms with Crippen LogP contribution in [0.2, 0.25) is 5.02 Å². The first-order valence-corrected chi connectivity index (χ1v) is 10.2. The Morgan fingerprint density at radius 1 is 1.15 bits per heavy atom. The van der Waals surface area contributed by atoms with Crippen LogP contribution in [0.3, 0.4) is 0 Å². The Bertz CT molecular complexity index is 1120. The monoisotopic (exact) mass is 475 g/mol. The third-order valence-corrected chi connectivity index (χ3v) is 5.20. The van der Waals surface area contributed by atoms with Gasteiger partial charge in [-0.1, -0.05) is 11.6 Å². The Kier molecular flexibility index (Phi) is 6.71. The minimum Gasteiger partial charge on any atom is -0.467 e. The summed E-state index contributed by atoms with van der Waals surface area (Å²) in [7, 11) is 0. The van der Waals surface area contributed by atoms with Gasteiger partial charge in [0.15, 0.2) is 11.9 Å². The fraction of sp³-hybridized carbons (Fsp3) is 0.273. The lowest BCUT2D eigenvalue weighted by Crippen LogP contribution is -2.58. The third kappa shape index (κ3) is 5.47. The van der Waals surface area contributed by atoms with E-state index in [-0.39, 0.29) is 17.0 Å². The van der Waals surface area contributed by atoms with Crippen molar-refractivity contribution in [2.75, 3.05) is 10.6 Å². The van der Waals surface area contributed by atoms with Crippen molar-refractivity contribution < 1.29 is 23.5 Å². The molecule has 0 aliphatic carbocycles. The minimum absolute atomic E-state index is 0.000828. The summed E-state index contributed by atoms with van der Waals surface area (Å²) in [6.07, 6.45) is -0.265. The fourth-order valence-electron chi connectivity index (χ4n) is 3.47. The summed E-state index contributed by atoms with van der Waals surface area (Å²) in [4.78, 5) is 41.5. The van der Waals surface area contributed by atoms with Gasteiger partial charge in [0.2, 0.25) is 12.0 Å². The van der Waals surface area contributed by atoms with Gasteiger partial charge in [-0.25, -0.2) is 9.38 Å². The van der Waals surface area contributed by atoms with Crippen molar-refractivity contribution in [2.45, 2.75) is 37.5 Å². The highest BCUT2D eigenvalue weighted by molar-refractivity contribution is 6.34. The van der Waals surface area contributed by atoms with Crippen molar-refractivity contribution in [3.05, 3.63) is 58.9 Å². The molecule has 2 atom stereocenters. The molecule has 0 radical (unpaired) electrons. The van der Waals surface area contributed by atoms with Crippen molar-refractivity contribution in [3.8, 4) is 0 Å². The molecule has 6 N–H and O–H groups in total. The average Bonchev–Trinajstić information content (AvgIpc) is 3.12. The molecule has 1 heterocycles. The van der Waals surface area contributed by atoms with E-state index in [9.17, 15) is 18.8 Å². The van der Waals surface area contributed by atoms with E-state index in [0.717, 1.165) is 18.5 Å². The molecule has 3 rings (SSSR count). The van der Waals surface area contributed by atoms with Crippen LogP contribution in [0.4, 0.5) is 15.8 Å². The maximum atomic E-state index is 13.2. The van der Waals surface area contributed by atoms with Crippen molar-refractivity contribution in [1.29, 1.82) is 0 Å². The number of carbonyl (C=O) groups excluding carboxylic acids is 3. The zero-order chi connectivity index (χ0) is 24.4. The first kappa shape index (κ1) is 24.1. The zero-order valence-corrected chi connectivity index (χ0v) is 18.7. The smallest absolute Gasteiger partial charge is 0.268 e. The molecule has 2 unspecified atom stereocenters. The Hall–Kier alpha value is -3.50. The molecule has 33 heavy (non-hydrogen) atoms. The van der Waals surface area contributed by atoms with Crippen molar-refractivity contribution >= 4 is 47.1 Å². The molecule has 1 aliphatic rings. The second kappa shape index (κ2) is 9.16. The average molecular weight is 476 g/mol. The van der Waals surface area contributed by atoms with Crippen LogP contribution in [0.5, 0.6) is 0 Å². The summed E-state index contributed by atoms with van der Waals surface area (Å²) in [5.41, 5.74) is 10.0. The third-order valence-electron chi connectivity index (χ3n) is 4.89. The summed E-state index contributed by atoms with van der Waals surface area (Å²) in [5.74, 6) is -2.54. The van der Waals surface area contributed by atoms with Gasteiger partial charge in [0.1, 0.15) is 5.82 Å². The number of primary amides is 1. The zero-order valence-electron chi connectivity index (χ0n) is 17.9. The van der Waals surface area contributed by atoms with E-state index >= 15 is 0 Å². The number of anilines is 2. The van der Waals surface area contributed by atoms with Crippen LogP contribution in [-0.4, -0.2) is 41.3 Å². The number of halogens is 2. The molecule has 0 spiro atoms. The number of nitrogens with one attached hydrogen (secondary N) is 2. The second-order valence-electron chi connectivity index (χ2n) is 8.35. The van der Waals surface area contributed by atoms with Gasteiger partial charge in [-0.15, -0.1) is 0 Å². The number of hydrogen-bond acceptors (Lipinski definition) is 6. The van der Waals surface area contributed by atoms with E-state index in [1.165, 1.54) is 18.2 Å². The van der Waals surface area contributed by atoms with E-state index in [0.29, 0.717) is 11.4 Å². The number of nitrogens with two attached hydrogens (primary N) is 2. The maximum Gasteiger partial charge on any atom is 0.268 e. The summed E-state index contributed by atoms with van der Waals surface area (Å²) >= 11 is 5.91. The van der Waals surface area contributed by atoms with Crippen LogP contribution < -0.4 is 22.1 Å². The highest BCUT2D eigenvalue weighted by Crippen LogP contribution is 2.32. The summed E-state index contributed by atoms with van der Waals surface area (Å²) in [6, 6.07) is 9.61. The SMILES string of the molecule is CC(C)(N)CC1(C(N)=O)N=COC1C(=O)Nc1ccc(NC(=O)c2ccc(F)cc2Cl)cc1. The van der Waals surface area contributed by atoms with Gasteiger partial charge in [-0.3, -0.25) is 14.4 Å². The number of hydrogen-bond donors (Lipinski definition) is 4. The first-order valence-electron chi connectivity index (χ1n) is 9.86. The molecular weight excluding hydrogens is 453 g/mol. The predicted octanol–water partition coefficient (Wildman–Crippen LogP) is 2.45. The maximum absolute atomic E-state index is 13.2. The quantitative estimate of drug-likeness (QED) is 0.485. The van der Waals surface area contributed by atoms with Crippen molar-refractivity contribution in [2.24, 2.45) is 16.5 Å². The molecule has 0 aromatic heterocycles. The summed E-state index contributed by atoms with van der Waals surface area (Å²) in [5, 5.41) is 5.25. The molecule has 9 nitrogen and oxygen atoms in total. The van der Waals surface area contributed by atoms with Crippen LogP contribution >= 0.6 is 11.6 Å². The van der Waals surface area contributed by atoms with Crippen LogP contribution in [-0.2, 0) is 14.3 Å². The van der Waals surface area contributed by atoms with E-state index in [1.54, 1.807) is 26.0 Å². The fourth-order valence-corrected chi connectivity index (χ4v) is 3.73. The number of amides is 3. The predicted molar refractivity (Wildman–Crippen MR) is 123 cm³/mol. The van der Waals surface area contributed by atoms with Crippen LogP contribution in [0.25, 0.3) is 0 Å². The molecule has 1 aliphatic heterocycles. The topological polar surface area (TPSA) is 149 Å². The molecule has 0 saturated carbocycles. The van der Waals surface area contributed by atoms with Crippen molar-refractivity contribution in [3.63, 3.8) is 0 Å². The Morgan fingerprint density at radius 3 is 2.30 bits per heavy atom. The molecule has 11 heteroatoms. The molecular formula is C22H23ClFN5O4. The van der Waals surface area contributed by atoms with E-state index in [2.05, 4.69) is 15.6 Å². The first-order chi connectivity index (χ1) is 15.4. The highest BCUT2D eigenvalue weighted by Gasteiger charge is 2.54. The molecule has 0 fully saturated rings. The Morgan fingerprint density at radius 2 is 1.76 bits per heavy atom. The van der Waals surface area contributed by atoms with E-state index in [4.69, 9.17) is 27.8 Å². The number of aliphatic imine (C=N–C) groups is 1. The lowest BCUT2D eigenvalue weighted by atomic mass is 9.80. The van der Waals surface area contributed by atoms with E-state index < -0.39 is 40.7 Å². The Labute approximate surface area is 194 Å². The molecule has 2 aromatic rings. The van der Waals surface area contributed by atoms with Gasteiger partial charge < -0.3 is 26.8 Å². The van der Waals surface area contributed by atoms with E-state index in [1.807, 2.05) is 0 Å². The molecule has 3 amide bonds. The molecule has 2 aromatic carbocycles. The van der Waals surface area contributed by atoms with Crippen LogP contribution in [0.1, 0.15) is 30.6 Å². The lowest BCUT2D eigenvalue weighted by Gasteiger charge is -2.33. The van der Waals surface area contributed by atoms with Gasteiger partial charge >= 0.3 is 0 Å². The van der Waals surface area contributed by atoms with Crippen LogP contribution in [0.15, 0.2) is 47.5 Å². The largest absolute Gasteiger partial charge is 0.467 e. The van der Waals surface area contributed by atoms with Crippen molar-refractivity contribution in [1.82, 2.24) is 0 Å².